The number of nitrogens with one attached hydrogen (secondary N) is 1. The van der Waals surface area contributed by atoms with Crippen molar-refractivity contribution in [1.82, 2.24) is 5.32 Å². The van der Waals surface area contributed by atoms with Gasteiger partial charge in [0.15, 0.2) is 0 Å². The summed E-state index contributed by atoms with van der Waals surface area (Å²) in [6, 6.07) is 7.48. The molecule has 1 aliphatic carbocycles. The van der Waals surface area contributed by atoms with Crippen LogP contribution >= 0.6 is 0 Å². The first kappa shape index (κ1) is 20.1. The minimum absolute atomic E-state index is 0.163. The maximum absolute atomic E-state index is 12.4. The van der Waals surface area contributed by atoms with Crippen LogP contribution in [0.1, 0.15) is 31.7 Å². The molecule has 1 heterocycles. The highest BCUT2D eigenvalue weighted by Gasteiger charge is 2.51. The second kappa shape index (κ2) is 8.14. The van der Waals surface area contributed by atoms with Gasteiger partial charge in [0.1, 0.15) is 18.1 Å². The van der Waals surface area contributed by atoms with Crippen molar-refractivity contribution in [1.29, 1.82) is 0 Å². The number of carbonyl (C=O) groups excluding carboxylic acids is 2. The molecule has 7 nitrogen and oxygen atoms in total. The number of aliphatic hydroxyl groups excluding tert-OH is 1. The van der Waals surface area contributed by atoms with Gasteiger partial charge in [0.25, 0.3) is 5.91 Å². The number of nitrogens with zero attached hydrogens (tertiary/aromatic N) is 1. The average molecular weight is 385 g/mol. The van der Waals surface area contributed by atoms with Crippen LogP contribution < -0.4 is 15.8 Å². The number of aliphatic hydroxyl groups is 1. The van der Waals surface area contributed by atoms with Crippen LogP contribution in [0.3, 0.4) is 0 Å². The zero-order valence-electron chi connectivity index (χ0n) is 16.3. The van der Waals surface area contributed by atoms with Crippen LogP contribution in [0.4, 0.5) is 0 Å². The Hall–Kier alpha value is -2.67. The minimum Gasteiger partial charge on any atom is -0.491 e. The number of carbonyl (C=O) groups is 2. The molecule has 0 radical (unpaired) electrons. The fraction of sp³-hybridized carbons (Fsp3) is 0.476. The van der Waals surface area contributed by atoms with E-state index in [4.69, 9.17) is 10.5 Å². The van der Waals surface area contributed by atoms with Crippen LogP contribution in [-0.4, -0.2) is 42.4 Å². The van der Waals surface area contributed by atoms with Gasteiger partial charge in [-0.05, 0) is 49.5 Å². The summed E-state index contributed by atoms with van der Waals surface area (Å²) in [7, 11) is 1.55. The Morgan fingerprint density at radius 3 is 2.79 bits per heavy atom. The smallest absolute Gasteiger partial charge is 0.265 e. The molecule has 0 bridgehead atoms. The lowest BCUT2D eigenvalue weighted by Crippen LogP contribution is -2.44. The van der Waals surface area contributed by atoms with Gasteiger partial charge < -0.3 is 20.9 Å². The summed E-state index contributed by atoms with van der Waals surface area (Å²) in [5.41, 5.74) is 6.86. The normalized spacial score (nSPS) is 22.7. The monoisotopic (exact) mass is 385 g/mol. The van der Waals surface area contributed by atoms with E-state index < -0.39 is 17.4 Å². The highest BCUT2D eigenvalue weighted by molar-refractivity contribution is 6.39. The van der Waals surface area contributed by atoms with Gasteiger partial charge in [0.05, 0.1) is 11.5 Å². The molecular weight excluding hydrogens is 358 g/mol. The van der Waals surface area contributed by atoms with Crippen LogP contribution in [0, 0.1) is 11.3 Å². The zero-order chi connectivity index (χ0) is 20.3. The Labute approximate surface area is 164 Å². The third kappa shape index (κ3) is 4.42. The predicted molar refractivity (Wildman–Crippen MR) is 106 cm³/mol. The molecule has 0 spiro atoms. The quantitative estimate of drug-likeness (QED) is 0.626. The number of benzene rings is 1. The lowest BCUT2D eigenvalue weighted by molar-refractivity contribution is -0.126. The van der Waals surface area contributed by atoms with Crippen molar-refractivity contribution in [3.63, 3.8) is 0 Å². The number of rotatable bonds is 8. The van der Waals surface area contributed by atoms with Gasteiger partial charge in [-0.2, -0.15) is 0 Å². The summed E-state index contributed by atoms with van der Waals surface area (Å²) in [6.45, 7) is 1.87. The second-order valence-corrected chi connectivity index (χ2v) is 7.61. The van der Waals surface area contributed by atoms with Crippen LogP contribution in [-0.2, 0) is 16.0 Å². The van der Waals surface area contributed by atoms with E-state index in [1.807, 2.05) is 30.3 Å². The van der Waals surface area contributed by atoms with Crippen LogP contribution in [0.2, 0.25) is 0 Å². The zero-order valence-corrected chi connectivity index (χ0v) is 16.3. The molecule has 1 aromatic carbocycles. The minimum atomic E-state index is -0.848. The topological polar surface area (TPSA) is 114 Å². The number of aliphatic imine (C=N–C) groups is 1. The van der Waals surface area contributed by atoms with Gasteiger partial charge >= 0.3 is 0 Å². The number of hydrogen-bond donors (Lipinski definition) is 3. The van der Waals surface area contributed by atoms with Gasteiger partial charge in [0.2, 0.25) is 5.91 Å². The van der Waals surface area contributed by atoms with Gasteiger partial charge in [-0.15, -0.1) is 0 Å². The fourth-order valence-corrected chi connectivity index (χ4v) is 3.63. The summed E-state index contributed by atoms with van der Waals surface area (Å²) in [4.78, 5) is 29.1. The van der Waals surface area contributed by atoms with Crippen molar-refractivity contribution in [3.05, 3.63) is 41.6 Å². The van der Waals surface area contributed by atoms with E-state index in [1.54, 1.807) is 14.0 Å². The van der Waals surface area contributed by atoms with Crippen molar-refractivity contribution in [2.24, 2.45) is 22.1 Å². The molecule has 7 heteroatoms. The number of ether oxygens (including phenoxy) is 1. The molecule has 2 aliphatic rings. The summed E-state index contributed by atoms with van der Waals surface area (Å²) in [6.07, 6.45) is 3.86. The second-order valence-electron chi connectivity index (χ2n) is 7.61. The molecule has 150 valence electrons. The molecule has 4 N–H and O–H groups in total. The molecule has 2 unspecified atom stereocenters. The molecule has 0 aromatic heterocycles. The third-order valence-corrected chi connectivity index (χ3v) is 5.19. The summed E-state index contributed by atoms with van der Waals surface area (Å²) >= 11 is 0. The maximum Gasteiger partial charge on any atom is 0.265 e. The summed E-state index contributed by atoms with van der Waals surface area (Å²) in [5.74, 6) is 0.119. The van der Waals surface area contributed by atoms with Gasteiger partial charge in [-0.25, -0.2) is 0 Å². The molecule has 2 amide bonds. The maximum atomic E-state index is 12.4. The predicted octanol–water partition coefficient (Wildman–Crippen LogP) is 1.34. The van der Waals surface area contributed by atoms with E-state index in [9.17, 15) is 14.7 Å². The van der Waals surface area contributed by atoms with Crippen LogP contribution in [0.5, 0.6) is 5.75 Å². The highest BCUT2D eigenvalue weighted by atomic mass is 16.5. The van der Waals surface area contributed by atoms with E-state index >= 15 is 0 Å². The molecule has 28 heavy (non-hydrogen) atoms. The Bertz CT molecular complexity index is 827. The first-order valence-corrected chi connectivity index (χ1v) is 9.55. The van der Waals surface area contributed by atoms with Crippen molar-refractivity contribution in [2.45, 2.75) is 38.7 Å². The summed E-state index contributed by atoms with van der Waals surface area (Å²) in [5, 5.41) is 12.0. The average Bonchev–Trinajstić information content (AvgIpc) is 3.51. The Kier molecular flexibility index (Phi) is 5.84. The number of nitrogens with two attached hydrogens (primary N) is 1. The molecule has 1 fully saturated rings. The fourth-order valence-electron chi connectivity index (χ4n) is 3.63. The third-order valence-electron chi connectivity index (χ3n) is 5.19. The lowest BCUT2D eigenvalue weighted by Gasteiger charge is -2.31. The number of hydrogen-bond acceptors (Lipinski definition) is 5. The molecule has 0 saturated heterocycles. The highest BCUT2D eigenvalue weighted by Crippen LogP contribution is 2.51. The Morgan fingerprint density at radius 1 is 1.43 bits per heavy atom. The van der Waals surface area contributed by atoms with Crippen molar-refractivity contribution in [2.75, 3.05) is 13.7 Å². The van der Waals surface area contributed by atoms with Crippen molar-refractivity contribution in [3.8, 4) is 5.75 Å². The summed E-state index contributed by atoms with van der Waals surface area (Å²) < 4.78 is 5.56. The van der Waals surface area contributed by atoms with Gasteiger partial charge in [-0.1, -0.05) is 12.1 Å². The molecule has 2 atom stereocenters. The van der Waals surface area contributed by atoms with E-state index in [2.05, 4.69) is 10.3 Å². The molecular formula is C21H27N3O4. The first-order valence-electron chi connectivity index (χ1n) is 9.55. The largest absolute Gasteiger partial charge is 0.491 e. The molecule has 1 aliphatic heterocycles. The molecule has 1 saturated carbocycles. The van der Waals surface area contributed by atoms with Crippen LogP contribution in [0.15, 0.2) is 41.0 Å². The molecule has 1 aromatic rings. The number of allylic oxidation sites excluding steroid dienone is 1. The van der Waals surface area contributed by atoms with E-state index in [0.29, 0.717) is 23.6 Å². The van der Waals surface area contributed by atoms with Crippen molar-refractivity contribution >= 4 is 17.5 Å². The Morgan fingerprint density at radius 2 is 2.18 bits per heavy atom. The van der Waals surface area contributed by atoms with Crippen molar-refractivity contribution < 1.29 is 19.4 Å². The lowest BCUT2D eigenvalue weighted by atomic mass is 9.74. The van der Waals surface area contributed by atoms with E-state index in [1.165, 1.54) is 0 Å². The van der Waals surface area contributed by atoms with E-state index in [0.717, 1.165) is 18.4 Å². The van der Waals surface area contributed by atoms with Gasteiger partial charge in [-0.3, -0.25) is 14.6 Å². The van der Waals surface area contributed by atoms with Crippen LogP contribution in [0.25, 0.3) is 0 Å². The number of primary amides is 1. The van der Waals surface area contributed by atoms with Gasteiger partial charge in [0, 0.05) is 25.6 Å². The van der Waals surface area contributed by atoms with E-state index in [-0.39, 0.29) is 24.9 Å². The standard InChI is InChI=1S/C21H27N3O4/c1-13(25)12-28-17-5-3-4-14(9-17)8-16-10-21(20(22)27,15-6-7-15)11-18(24-16)19(26)23-2/h3-5,9-10,13,15,25H,6-8,11-12H2,1-2H3,(H2,22,27)(H,23,26). The Balaban J connectivity index is 1.88. The first-order chi connectivity index (χ1) is 13.3. The number of amides is 2. The molecule has 3 rings (SSSR count). The SMILES string of the molecule is CNC(=O)C1=NC(Cc2cccc(OCC(C)O)c2)=CC(C(N)=O)(C2CC2)C1.